The summed E-state index contributed by atoms with van der Waals surface area (Å²) in [7, 11) is 1.31. The van der Waals surface area contributed by atoms with Crippen LogP contribution < -0.4 is 5.32 Å². The maximum atomic E-state index is 10.5. The molecule has 4 nitrogen and oxygen atoms in total. The van der Waals surface area contributed by atoms with Crippen molar-refractivity contribution < 1.29 is 14.7 Å². The third-order valence-electron chi connectivity index (χ3n) is 1.29. The van der Waals surface area contributed by atoms with Crippen molar-refractivity contribution in [1.29, 1.82) is 0 Å². The van der Waals surface area contributed by atoms with E-state index in [2.05, 4.69) is 5.32 Å². The molecule has 1 atom stereocenters. The Bertz CT molecular complexity index is 176. The molecule has 0 rings (SSSR count). The number of carbonyl (C=O) groups excluding carboxylic acids is 1. The highest BCUT2D eigenvalue weighted by molar-refractivity contribution is 7.98. The van der Waals surface area contributed by atoms with Crippen molar-refractivity contribution in [2.75, 3.05) is 12.0 Å². The zero-order valence-corrected chi connectivity index (χ0v) is 7.98. The Kier molecular flexibility index (Phi) is 5.62. The number of hydrogen-bond donors (Lipinski definition) is 2. The van der Waals surface area contributed by atoms with E-state index in [1.54, 1.807) is 11.8 Å². The Labute approximate surface area is 76.5 Å². The number of amides is 1. The lowest BCUT2D eigenvalue weighted by Gasteiger charge is -2.11. The van der Waals surface area contributed by atoms with Crippen LogP contribution in [-0.4, -0.2) is 42.8 Å². The molecule has 0 heterocycles. The van der Waals surface area contributed by atoms with Crippen LogP contribution in [0.15, 0.2) is 0 Å². The van der Waals surface area contributed by atoms with E-state index < -0.39 is 12.0 Å². The van der Waals surface area contributed by atoms with E-state index in [4.69, 9.17) is 5.11 Å². The average Bonchev–Trinajstić information content (AvgIpc) is 1.96. The zero-order valence-electron chi connectivity index (χ0n) is 7.16. The van der Waals surface area contributed by atoms with Crippen LogP contribution in [0.2, 0.25) is 0 Å². The van der Waals surface area contributed by atoms with Crippen LogP contribution in [0, 0.1) is 0 Å². The minimum Gasteiger partial charge on any atom is -0.480 e. The Hall–Kier alpha value is -0.645. The molecule has 0 aromatic heterocycles. The molecule has 0 unspecified atom stereocenters. The Balaban J connectivity index is 3.87. The number of carbonyl (C=O) groups is 2. The lowest BCUT2D eigenvalue weighted by molar-refractivity contribution is -0.139. The van der Waals surface area contributed by atoms with Crippen LogP contribution in [0.1, 0.15) is 6.42 Å². The molecule has 0 aromatic rings. The van der Waals surface area contributed by atoms with Crippen LogP contribution >= 0.6 is 11.8 Å². The normalized spacial score (nSPS) is 12.1. The third kappa shape index (κ3) is 5.06. The SMILES string of the molecule is BC(=O)N[C@H](CCSC)C(=O)O. The molecule has 0 aromatic carbocycles. The number of hydrogen-bond acceptors (Lipinski definition) is 3. The predicted octanol–water partition coefficient (Wildman–Crippen LogP) is -0.465. The zero-order chi connectivity index (χ0) is 9.56. The van der Waals surface area contributed by atoms with Gasteiger partial charge in [0, 0.05) is 0 Å². The molecular weight excluding hydrogens is 177 g/mol. The van der Waals surface area contributed by atoms with Crippen molar-refractivity contribution >= 4 is 31.4 Å². The van der Waals surface area contributed by atoms with E-state index in [1.165, 1.54) is 7.85 Å². The predicted molar refractivity (Wildman–Crippen MR) is 51.5 cm³/mol. The van der Waals surface area contributed by atoms with E-state index in [9.17, 15) is 9.59 Å². The lowest BCUT2D eigenvalue weighted by Crippen LogP contribution is -2.40. The first-order valence-corrected chi connectivity index (χ1v) is 4.96. The van der Waals surface area contributed by atoms with Gasteiger partial charge in [-0.05, 0) is 18.4 Å². The molecule has 0 saturated heterocycles. The molecule has 0 bridgehead atoms. The van der Waals surface area contributed by atoms with E-state index in [-0.39, 0.29) is 5.81 Å². The first-order chi connectivity index (χ1) is 5.57. The average molecular weight is 189 g/mol. The maximum absolute atomic E-state index is 10.5. The van der Waals surface area contributed by atoms with Gasteiger partial charge >= 0.3 is 5.97 Å². The summed E-state index contributed by atoms with van der Waals surface area (Å²) in [6.45, 7) is 0. The maximum Gasteiger partial charge on any atom is 0.326 e. The van der Waals surface area contributed by atoms with Crippen LogP contribution in [0.3, 0.4) is 0 Å². The number of carboxylic acid groups (broad SMARTS) is 1. The molecule has 0 aliphatic rings. The smallest absolute Gasteiger partial charge is 0.326 e. The minimum atomic E-state index is -0.973. The van der Waals surface area contributed by atoms with Gasteiger partial charge in [0.15, 0.2) is 5.81 Å². The van der Waals surface area contributed by atoms with Gasteiger partial charge in [-0.15, -0.1) is 0 Å². The lowest BCUT2D eigenvalue weighted by atomic mass is 10.1. The Morgan fingerprint density at radius 1 is 1.67 bits per heavy atom. The molecule has 0 aliphatic carbocycles. The molecule has 0 spiro atoms. The molecule has 0 radical (unpaired) electrons. The summed E-state index contributed by atoms with van der Waals surface area (Å²) >= 11 is 1.56. The van der Waals surface area contributed by atoms with Crippen molar-refractivity contribution in [1.82, 2.24) is 5.32 Å². The van der Waals surface area contributed by atoms with Crippen LogP contribution in [0.25, 0.3) is 0 Å². The van der Waals surface area contributed by atoms with Crippen molar-refractivity contribution in [3.05, 3.63) is 0 Å². The second kappa shape index (κ2) is 5.94. The minimum absolute atomic E-state index is 0.302. The Morgan fingerprint density at radius 2 is 2.25 bits per heavy atom. The molecule has 2 N–H and O–H groups in total. The van der Waals surface area contributed by atoms with Gasteiger partial charge < -0.3 is 10.4 Å². The fourth-order valence-corrected chi connectivity index (χ4v) is 1.21. The highest BCUT2D eigenvalue weighted by Gasteiger charge is 2.16. The first kappa shape index (κ1) is 11.4. The summed E-state index contributed by atoms with van der Waals surface area (Å²) < 4.78 is 0. The fourth-order valence-electron chi connectivity index (χ4n) is 0.738. The summed E-state index contributed by atoms with van der Waals surface area (Å²) in [6.07, 6.45) is 2.36. The Morgan fingerprint density at radius 3 is 2.58 bits per heavy atom. The van der Waals surface area contributed by atoms with Gasteiger partial charge in [-0.2, -0.15) is 11.8 Å². The van der Waals surface area contributed by atoms with Gasteiger partial charge in [0.05, 0.1) is 0 Å². The van der Waals surface area contributed by atoms with Crippen LogP contribution in [0.4, 0.5) is 4.79 Å². The second-order valence-electron chi connectivity index (χ2n) is 2.37. The molecule has 12 heavy (non-hydrogen) atoms. The summed E-state index contributed by atoms with van der Waals surface area (Å²) in [5, 5.41) is 11.0. The molecule has 0 aliphatic heterocycles. The third-order valence-corrected chi connectivity index (χ3v) is 1.93. The topological polar surface area (TPSA) is 66.4 Å². The number of thioether (sulfide) groups is 1. The van der Waals surface area contributed by atoms with Gasteiger partial charge in [-0.3, -0.25) is 4.79 Å². The van der Waals surface area contributed by atoms with E-state index >= 15 is 0 Å². The number of aliphatic carboxylic acids is 1. The standard InChI is InChI=1S/C6H12BNO3S/c1-12-3-2-4(5(9)10)8-6(7)11/h4H,2-3,7H2,1H3,(H,8,11)(H,9,10)/t4-/m1/s1. The summed E-state index contributed by atoms with van der Waals surface area (Å²) in [4.78, 5) is 21.1. The van der Waals surface area contributed by atoms with E-state index in [1.807, 2.05) is 6.26 Å². The van der Waals surface area contributed by atoms with Crippen molar-refractivity contribution in [3.63, 3.8) is 0 Å². The monoisotopic (exact) mass is 189 g/mol. The summed E-state index contributed by atoms with van der Waals surface area (Å²) in [6, 6.07) is -0.741. The first-order valence-electron chi connectivity index (χ1n) is 3.56. The van der Waals surface area contributed by atoms with Gasteiger partial charge in [-0.1, -0.05) is 0 Å². The number of rotatable bonds is 5. The second-order valence-corrected chi connectivity index (χ2v) is 3.36. The molecular formula is C6H12BNO3S. The molecule has 0 saturated carbocycles. The van der Waals surface area contributed by atoms with Crippen LogP contribution in [0.5, 0.6) is 0 Å². The summed E-state index contributed by atoms with van der Waals surface area (Å²) in [5.41, 5.74) is 0. The summed E-state index contributed by atoms with van der Waals surface area (Å²) in [5.74, 6) is -0.542. The van der Waals surface area contributed by atoms with Gasteiger partial charge in [0.25, 0.3) is 0 Å². The molecule has 68 valence electrons. The molecule has 6 heteroatoms. The van der Waals surface area contributed by atoms with Gasteiger partial charge in [-0.25, -0.2) is 4.79 Å². The fraction of sp³-hybridized carbons (Fsp3) is 0.667. The highest BCUT2D eigenvalue weighted by atomic mass is 32.2. The highest BCUT2D eigenvalue weighted by Crippen LogP contribution is 2.00. The number of carboxylic acids is 1. The van der Waals surface area contributed by atoms with E-state index in [0.717, 1.165) is 5.75 Å². The largest absolute Gasteiger partial charge is 0.480 e. The molecule has 1 amide bonds. The quantitative estimate of drug-likeness (QED) is 0.574. The van der Waals surface area contributed by atoms with E-state index in [0.29, 0.717) is 6.42 Å². The van der Waals surface area contributed by atoms with Crippen molar-refractivity contribution in [2.24, 2.45) is 0 Å². The van der Waals surface area contributed by atoms with Crippen molar-refractivity contribution in [3.8, 4) is 0 Å². The van der Waals surface area contributed by atoms with Gasteiger partial charge in [0.2, 0.25) is 7.85 Å². The van der Waals surface area contributed by atoms with Gasteiger partial charge in [0.1, 0.15) is 6.04 Å². The number of nitrogens with one attached hydrogen (secondary N) is 1. The van der Waals surface area contributed by atoms with Crippen LogP contribution in [-0.2, 0) is 4.79 Å². The molecule has 0 fully saturated rings. The van der Waals surface area contributed by atoms with Crippen molar-refractivity contribution in [2.45, 2.75) is 12.5 Å².